The van der Waals surface area contributed by atoms with Gasteiger partial charge in [-0.25, -0.2) is 0 Å². The van der Waals surface area contributed by atoms with E-state index in [1.165, 1.54) is 12.0 Å². The summed E-state index contributed by atoms with van der Waals surface area (Å²) in [6.45, 7) is 7.33. The Kier molecular flexibility index (Phi) is 2.99. The van der Waals surface area contributed by atoms with Gasteiger partial charge in [0.25, 0.3) is 0 Å². The minimum Gasteiger partial charge on any atom is -0.390 e. The molecule has 1 aromatic rings. The van der Waals surface area contributed by atoms with Crippen molar-refractivity contribution in [3.63, 3.8) is 0 Å². The average Bonchev–Trinajstić information content (AvgIpc) is 2.40. The molecule has 3 aliphatic carbocycles. The van der Waals surface area contributed by atoms with Crippen molar-refractivity contribution >= 4 is 0 Å². The van der Waals surface area contributed by atoms with E-state index in [1.54, 1.807) is 0 Å². The molecule has 2 nitrogen and oxygen atoms in total. The van der Waals surface area contributed by atoms with Crippen molar-refractivity contribution in [1.29, 1.82) is 0 Å². The van der Waals surface area contributed by atoms with Gasteiger partial charge in [-0.1, -0.05) is 44.2 Å². The van der Waals surface area contributed by atoms with Crippen molar-refractivity contribution in [3.8, 4) is 0 Å². The van der Waals surface area contributed by atoms with Crippen LogP contribution in [-0.2, 0) is 11.3 Å². The molecule has 0 aliphatic heterocycles. The molecule has 2 bridgehead atoms. The van der Waals surface area contributed by atoms with Crippen molar-refractivity contribution in [2.24, 2.45) is 17.3 Å². The first kappa shape index (κ1) is 13.1. The number of aliphatic hydroxyl groups excluding tert-OH is 1. The zero-order chi connectivity index (χ0) is 13.7. The minimum absolute atomic E-state index is 0.310. The van der Waals surface area contributed by atoms with Crippen LogP contribution in [0.15, 0.2) is 30.3 Å². The fraction of sp³-hybridized carbons (Fsp3) is 0.647. The van der Waals surface area contributed by atoms with Crippen molar-refractivity contribution < 1.29 is 9.84 Å². The van der Waals surface area contributed by atoms with Gasteiger partial charge in [0, 0.05) is 0 Å². The van der Waals surface area contributed by atoms with Crippen LogP contribution in [0.1, 0.15) is 39.2 Å². The fourth-order valence-corrected chi connectivity index (χ4v) is 4.13. The number of benzene rings is 1. The minimum atomic E-state index is -0.395. The number of fused-ring (bicyclic) bond motifs is 2. The average molecular weight is 260 g/mol. The van der Waals surface area contributed by atoms with Gasteiger partial charge in [0.05, 0.1) is 18.3 Å². The highest BCUT2D eigenvalue weighted by molar-refractivity contribution is 5.16. The lowest BCUT2D eigenvalue weighted by Crippen LogP contribution is -2.67. The maximum Gasteiger partial charge on any atom is 0.0950 e. The maximum atomic E-state index is 10.4. The molecule has 2 heteroatoms. The molecule has 0 unspecified atom stereocenters. The molecule has 3 saturated carbocycles. The lowest BCUT2D eigenvalue weighted by atomic mass is 9.43. The van der Waals surface area contributed by atoms with Crippen LogP contribution in [0, 0.1) is 17.3 Å². The molecule has 0 amide bonds. The van der Waals surface area contributed by atoms with Crippen LogP contribution in [0.3, 0.4) is 0 Å². The molecule has 0 radical (unpaired) electrons. The first-order valence-corrected chi connectivity index (χ1v) is 7.30. The smallest absolute Gasteiger partial charge is 0.0950 e. The van der Waals surface area contributed by atoms with Gasteiger partial charge in [0.2, 0.25) is 0 Å². The van der Waals surface area contributed by atoms with Crippen LogP contribution in [-0.4, -0.2) is 16.8 Å². The van der Waals surface area contributed by atoms with Gasteiger partial charge < -0.3 is 9.84 Å². The number of hydrogen-bond donors (Lipinski definition) is 1. The van der Waals surface area contributed by atoms with E-state index in [0.29, 0.717) is 23.9 Å². The Bertz CT molecular complexity index is 454. The molecule has 104 valence electrons. The third kappa shape index (κ3) is 1.93. The lowest BCUT2D eigenvalue weighted by molar-refractivity contribution is -0.269. The first-order chi connectivity index (χ1) is 8.94. The van der Waals surface area contributed by atoms with Crippen LogP contribution in [0.2, 0.25) is 0 Å². The highest BCUT2D eigenvalue weighted by Crippen LogP contribution is 2.63. The summed E-state index contributed by atoms with van der Waals surface area (Å²) in [6.07, 6.45) is 1.76. The molecule has 3 fully saturated rings. The molecule has 0 saturated heterocycles. The molecule has 1 aromatic carbocycles. The maximum absolute atomic E-state index is 10.4. The Labute approximate surface area is 115 Å². The van der Waals surface area contributed by atoms with Crippen molar-refractivity contribution in [2.75, 3.05) is 0 Å². The summed E-state index contributed by atoms with van der Waals surface area (Å²) in [5, 5.41) is 10.4. The van der Waals surface area contributed by atoms with E-state index < -0.39 is 5.60 Å². The molecular weight excluding hydrogens is 236 g/mol. The van der Waals surface area contributed by atoms with Gasteiger partial charge in [-0.05, 0) is 42.6 Å². The van der Waals surface area contributed by atoms with Gasteiger partial charge in [0.15, 0.2) is 0 Å². The molecule has 4 rings (SSSR count). The summed E-state index contributed by atoms with van der Waals surface area (Å²) >= 11 is 0. The summed E-state index contributed by atoms with van der Waals surface area (Å²) in [5.41, 5.74) is 1.09. The van der Waals surface area contributed by atoms with Crippen molar-refractivity contribution in [1.82, 2.24) is 0 Å². The first-order valence-electron chi connectivity index (χ1n) is 7.30. The van der Waals surface area contributed by atoms with E-state index in [1.807, 2.05) is 18.2 Å². The second-order valence-corrected chi connectivity index (χ2v) is 7.02. The van der Waals surface area contributed by atoms with Crippen molar-refractivity contribution in [3.05, 3.63) is 35.9 Å². The fourth-order valence-electron chi connectivity index (χ4n) is 4.13. The largest absolute Gasteiger partial charge is 0.390 e. The third-order valence-corrected chi connectivity index (χ3v) is 5.72. The zero-order valence-electron chi connectivity index (χ0n) is 12.1. The zero-order valence-corrected chi connectivity index (χ0v) is 12.1. The molecule has 0 aromatic heterocycles. The van der Waals surface area contributed by atoms with Crippen LogP contribution in [0.5, 0.6) is 0 Å². The predicted molar refractivity (Wildman–Crippen MR) is 75.6 cm³/mol. The van der Waals surface area contributed by atoms with E-state index in [2.05, 4.69) is 32.9 Å². The molecule has 19 heavy (non-hydrogen) atoms. The summed E-state index contributed by atoms with van der Waals surface area (Å²) in [4.78, 5) is 0. The van der Waals surface area contributed by atoms with Gasteiger partial charge in [0.1, 0.15) is 0 Å². The quantitative estimate of drug-likeness (QED) is 0.902. The summed E-state index contributed by atoms with van der Waals surface area (Å²) in [7, 11) is 0. The van der Waals surface area contributed by atoms with E-state index in [4.69, 9.17) is 4.74 Å². The Morgan fingerprint density at radius 1 is 1.16 bits per heavy atom. The summed E-state index contributed by atoms with van der Waals surface area (Å²) in [6, 6.07) is 10.2. The topological polar surface area (TPSA) is 29.5 Å². The number of hydrogen-bond acceptors (Lipinski definition) is 2. The van der Waals surface area contributed by atoms with E-state index in [0.717, 1.165) is 6.42 Å². The van der Waals surface area contributed by atoms with E-state index in [9.17, 15) is 5.11 Å². The molecule has 3 aliphatic rings. The lowest BCUT2D eigenvalue weighted by Gasteiger charge is -2.65. The highest BCUT2D eigenvalue weighted by Gasteiger charge is 2.63. The van der Waals surface area contributed by atoms with Gasteiger partial charge in [-0.2, -0.15) is 0 Å². The molecular formula is C17H24O2. The molecule has 0 heterocycles. The third-order valence-electron chi connectivity index (χ3n) is 5.72. The Hall–Kier alpha value is -0.860. The normalized spacial score (nSPS) is 39.7. The molecule has 1 N–H and O–H groups in total. The second kappa shape index (κ2) is 4.32. The predicted octanol–water partition coefficient (Wildman–Crippen LogP) is 3.39. The van der Waals surface area contributed by atoms with Crippen LogP contribution in [0.4, 0.5) is 0 Å². The van der Waals surface area contributed by atoms with Gasteiger partial charge in [-0.15, -0.1) is 0 Å². The standard InChI is InChI=1S/C17H24O2/c1-16(2)13-9-14(16)17(3,15(18)10-13)19-11-12-7-5-4-6-8-12/h4-8,13-15,18H,9-11H2,1-3H3/t13-,14-,15+,17-/m1/s1. The monoisotopic (exact) mass is 260 g/mol. The summed E-state index contributed by atoms with van der Waals surface area (Å²) in [5.74, 6) is 1.14. The van der Waals surface area contributed by atoms with E-state index >= 15 is 0 Å². The number of aliphatic hydroxyl groups is 1. The SMILES string of the molecule is CC1(C)[C@@H]2C[C@H]1[C@@](C)(OCc1ccccc1)[C@@H](O)C2. The second-order valence-electron chi connectivity index (χ2n) is 7.02. The van der Waals surface area contributed by atoms with Crippen LogP contribution < -0.4 is 0 Å². The molecule has 4 atom stereocenters. The number of ether oxygens (including phenoxy) is 1. The Morgan fingerprint density at radius 3 is 2.47 bits per heavy atom. The molecule has 0 spiro atoms. The van der Waals surface area contributed by atoms with Crippen molar-refractivity contribution in [2.45, 2.75) is 51.9 Å². The van der Waals surface area contributed by atoms with Gasteiger partial charge >= 0.3 is 0 Å². The van der Waals surface area contributed by atoms with Crippen LogP contribution in [0.25, 0.3) is 0 Å². The Morgan fingerprint density at radius 2 is 1.84 bits per heavy atom. The van der Waals surface area contributed by atoms with E-state index in [-0.39, 0.29) is 6.10 Å². The van der Waals surface area contributed by atoms with Crippen LogP contribution >= 0.6 is 0 Å². The Balaban J connectivity index is 1.74. The highest BCUT2D eigenvalue weighted by atomic mass is 16.5. The number of rotatable bonds is 3. The van der Waals surface area contributed by atoms with Gasteiger partial charge in [-0.3, -0.25) is 0 Å². The summed E-state index contributed by atoms with van der Waals surface area (Å²) < 4.78 is 6.20.